The monoisotopic (exact) mass is 422 g/mol. The third-order valence-electron chi connectivity index (χ3n) is 3.90. The van der Waals surface area contributed by atoms with Crippen molar-refractivity contribution in [2.75, 3.05) is 5.32 Å². The second kappa shape index (κ2) is 8.40. The number of hydrogen-bond acceptors (Lipinski definition) is 4. The molecule has 0 radical (unpaired) electrons. The number of pyridine rings is 1. The van der Waals surface area contributed by atoms with E-state index in [1.807, 2.05) is 0 Å². The van der Waals surface area contributed by atoms with Crippen LogP contribution in [0, 0.1) is 0 Å². The van der Waals surface area contributed by atoms with Crippen LogP contribution in [0.2, 0.25) is 5.02 Å². The number of aromatic carboxylic acids is 1. The van der Waals surface area contributed by atoms with Gasteiger partial charge in [0, 0.05) is 18.3 Å². The smallest absolute Gasteiger partial charge is 0.478 e. The van der Waals surface area contributed by atoms with E-state index in [1.165, 1.54) is 30.3 Å². The largest absolute Gasteiger partial charge is 0.573 e. The van der Waals surface area contributed by atoms with Crippen molar-refractivity contribution >= 4 is 23.4 Å². The number of rotatable bonds is 6. The number of ether oxygens (including phenoxy) is 1. The zero-order valence-electron chi connectivity index (χ0n) is 14.7. The van der Waals surface area contributed by atoms with Gasteiger partial charge < -0.3 is 15.2 Å². The maximum Gasteiger partial charge on any atom is 0.573 e. The summed E-state index contributed by atoms with van der Waals surface area (Å²) in [6.45, 7) is 0.242. The summed E-state index contributed by atoms with van der Waals surface area (Å²) in [6.07, 6.45) is -3.19. The van der Waals surface area contributed by atoms with Crippen molar-refractivity contribution in [3.05, 3.63) is 76.9 Å². The molecule has 0 amide bonds. The average Bonchev–Trinajstić information content (AvgIpc) is 2.66. The molecular formula is C20H14ClF3N2O3. The van der Waals surface area contributed by atoms with Gasteiger partial charge in [-0.05, 0) is 47.5 Å². The first kappa shape index (κ1) is 20.5. The summed E-state index contributed by atoms with van der Waals surface area (Å²) in [4.78, 5) is 15.4. The van der Waals surface area contributed by atoms with E-state index in [0.29, 0.717) is 22.5 Å². The molecule has 5 nitrogen and oxygen atoms in total. The summed E-state index contributed by atoms with van der Waals surface area (Å²) in [5.74, 6) is -0.916. The van der Waals surface area contributed by atoms with Gasteiger partial charge in [0.1, 0.15) is 11.6 Å². The molecule has 0 unspecified atom stereocenters. The van der Waals surface area contributed by atoms with Gasteiger partial charge in [0.25, 0.3) is 0 Å². The number of aromatic nitrogens is 1. The Hall–Kier alpha value is -3.26. The Morgan fingerprint density at radius 1 is 1.10 bits per heavy atom. The van der Waals surface area contributed by atoms with Crippen LogP contribution in [0.3, 0.4) is 0 Å². The highest BCUT2D eigenvalue weighted by atomic mass is 35.5. The molecule has 150 valence electrons. The van der Waals surface area contributed by atoms with Gasteiger partial charge in [0.2, 0.25) is 0 Å². The lowest BCUT2D eigenvalue weighted by atomic mass is 10.0. The van der Waals surface area contributed by atoms with Crippen LogP contribution in [-0.2, 0) is 6.54 Å². The molecule has 3 rings (SSSR count). The first-order chi connectivity index (χ1) is 13.7. The third-order valence-corrected chi connectivity index (χ3v) is 4.23. The van der Waals surface area contributed by atoms with Gasteiger partial charge in [-0.1, -0.05) is 29.8 Å². The minimum absolute atomic E-state index is 0.00711. The Morgan fingerprint density at radius 2 is 1.86 bits per heavy atom. The first-order valence-electron chi connectivity index (χ1n) is 8.29. The van der Waals surface area contributed by atoms with Gasteiger partial charge in [-0.2, -0.15) is 0 Å². The predicted octanol–water partition coefficient (Wildman–Crippen LogP) is 5.61. The standard InChI is InChI=1S/C20H14ClF3N2O3/c21-17-6-4-13(9-16(17)19(27)28)14-5-7-18(26-11-14)25-10-12-2-1-3-15(8-12)29-20(22,23)24/h1-9,11H,10H2,(H,25,26)(H,27,28). The summed E-state index contributed by atoms with van der Waals surface area (Å²) < 4.78 is 40.8. The summed E-state index contributed by atoms with van der Waals surface area (Å²) in [6, 6.07) is 13.7. The average molecular weight is 423 g/mol. The highest BCUT2D eigenvalue weighted by molar-refractivity contribution is 6.33. The van der Waals surface area contributed by atoms with Crippen molar-refractivity contribution in [1.82, 2.24) is 4.98 Å². The molecule has 9 heteroatoms. The molecule has 0 aliphatic rings. The molecule has 2 N–H and O–H groups in total. The maximum absolute atomic E-state index is 12.3. The molecule has 0 fully saturated rings. The lowest BCUT2D eigenvalue weighted by molar-refractivity contribution is -0.274. The number of nitrogens with zero attached hydrogens (tertiary/aromatic N) is 1. The van der Waals surface area contributed by atoms with Crippen molar-refractivity contribution in [2.24, 2.45) is 0 Å². The van der Waals surface area contributed by atoms with Crippen LogP contribution < -0.4 is 10.1 Å². The molecule has 29 heavy (non-hydrogen) atoms. The number of carboxylic acids is 1. The lowest BCUT2D eigenvalue weighted by Crippen LogP contribution is -2.17. The zero-order chi connectivity index (χ0) is 21.0. The Bertz CT molecular complexity index is 1020. The highest BCUT2D eigenvalue weighted by Crippen LogP contribution is 2.26. The van der Waals surface area contributed by atoms with E-state index in [-0.39, 0.29) is 22.9 Å². The van der Waals surface area contributed by atoms with E-state index < -0.39 is 12.3 Å². The molecular weight excluding hydrogens is 409 g/mol. The van der Waals surface area contributed by atoms with Crippen LogP contribution in [0.4, 0.5) is 19.0 Å². The normalized spacial score (nSPS) is 11.2. The third kappa shape index (κ3) is 5.61. The fourth-order valence-corrected chi connectivity index (χ4v) is 2.78. The maximum atomic E-state index is 12.3. The van der Waals surface area contributed by atoms with Crippen molar-refractivity contribution in [1.29, 1.82) is 0 Å². The molecule has 2 aromatic carbocycles. The van der Waals surface area contributed by atoms with Crippen LogP contribution in [0.25, 0.3) is 11.1 Å². The summed E-state index contributed by atoms with van der Waals surface area (Å²) >= 11 is 5.87. The van der Waals surface area contributed by atoms with Crippen molar-refractivity contribution in [3.63, 3.8) is 0 Å². The van der Waals surface area contributed by atoms with Gasteiger partial charge in [0.15, 0.2) is 0 Å². The molecule has 0 spiro atoms. The minimum Gasteiger partial charge on any atom is -0.478 e. The van der Waals surface area contributed by atoms with E-state index in [9.17, 15) is 18.0 Å². The van der Waals surface area contributed by atoms with Crippen LogP contribution in [0.1, 0.15) is 15.9 Å². The van der Waals surface area contributed by atoms with Gasteiger partial charge >= 0.3 is 12.3 Å². The molecule has 0 atom stereocenters. The molecule has 3 aromatic rings. The first-order valence-corrected chi connectivity index (χ1v) is 8.67. The Kier molecular flexibility index (Phi) is 5.93. The van der Waals surface area contributed by atoms with E-state index in [0.717, 1.165) is 0 Å². The van der Waals surface area contributed by atoms with Gasteiger partial charge in [-0.25, -0.2) is 9.78 Å². The fourth-order valence-electron chi connectivity index (χ4n) is 2.58. The van der Waals surface area contributed by atoms with E-state index in [2.05, 4.69) is 15.0 Å². The highest BCUT2D eigenvalue weighted by Gasteiger charge is 2.31. The molecule has 1 aromatic heterocycles. The SMILES string of the molecule is O=C(O)c1cc(-c2ccc(NCc3cccc(OC(F)(F)F)c3)nc2)ccc1Cl. The molecule has 0 bridgehead atoms. The second-order valence-corrected chi connectivity index (χ2v) is 6.39. The van der Waals surface area contributed by atoms with E-state index in [1.54, 1.807) is 30.5 Å². The number of alkyl halides is 3. The number of hydrogen-bond donors (Lipinski definition) is 2. The number of carboxylic acid groups (broad SMARTS) is 1. The van der Waals surface area contributed by atoms with E-state index >= 15 is 0 Å². The summed E-state index contributed by atoms with van der Waals surface area (Å²) in [5, 5.41) is 12.3. The quantitative estimate of drug-likeness (QED) is 0.540. The Morgan fingerprint density at radius 3 is 2.52 bits per heavy atom. The zero-order valence-corrected chi connectivity index (χ0v) is 15.5. The number of carbonyl (C=O) groups is 1. The molecule has 0 aliphatic carbocycles. The number of halogens is 4. The molecule has 0 saturated carbocycles. The molecule has 0 saturated heterocycles. The number of anilines is 1. The van der Waals surface area contributed by atoms with Crippen molar-refractivity contribution in [3.8, 4) is 16.9 Å². The van der Waals surface area contributed by atoms with Crippen LogP contribution in [0.15, 0.2) is 60.8 Å². The Balaban J connectivity index is 1.68. The topological polar surface area (TPSA) is 71.5 Å². The number of nitrogens with one attached hydrogen (secondary N) is 1. The fraction of sp³-hybridized carbons (Fsp3) is 0.100. The lowest BCUT2D eigenvalue weighted by Gasteiger charge is -2.11. The molecule has 1 heterocycles. The second-order valence-electron chi connectivity index (χ2n) is 5.98. The van der Waals surface area contributed by atoms with Crippen LogP contribution >= 0.6 is 11.6 Å². The van der Waals surface area contributed by atoms with Gasteiger partial charge in [0.05, 0.1) is 10.6 Å². The van der Waals surface area contributed by atoms with Crippen LogP contribution in [0.5, 0.6) is 5.75 Å². The van der Waals surface area contributed by atoms with Gasteiger partial charge in [-0.15, -0.1) is 13.2 Å². The number of benzene rings is 2. The summed E-state index contributed by atoms with van der Waals surface area (Å²) in [7, 11) is 0. The summed E-state index contributed by atoms with van der Waals surface area (Å²) in [5.41, 5.74) is 1.91. The Labute approximate surface area is 168 Å². The van der Waals surface area contributed by atoms with Crippen molar-refractivity contribution < 1.29 is 27.8 Å². The molecule has 0 aliphatic heterocycles. The van der Waals surface area contributed by atoms with Crippen LogP contribution in [-0.4, -0.2) is 22.4 Å². The predicted molar refractivity (Wildman–Crippen MR) is 102 cm³/mol. The van der Waals surface area contributed by atoms with Gasteiger partial charge in [-0.3, -0.25) is 0 Å². The minimum atomic E-state index is -4.74. The van der Waals surface area contributed by atoms with E-state index in [4.69, 9.17) is 16.7 Å². The van der Waals surface area contributed by atoms with Crippen molar-refractivity contribution in [2.45, 2.75) is 12.9 Å².